The third-order valence-corrected chi connectivity index (χ3v) is 4.21. The highest BCUT2D eigenvalue weighted by Crippen LogP contribution is 2.32. The predicted octanol–water partition coefficient (Wildman–Crippen LogP) is 2.71. The molecule has 114 valence electrons. The summed E-state index contributed by atoms with van der Waals surface area (Å²) >= 11 is 1.37. The maximum atomic E-state index is 10.7. The standard InChI is InChI=1S/C15H14N2O4S/c1-20-12-4-3-9(5-13(12)21-2)11-8-17-7-10(6-14(18)19)22-15(17)16-11/h3-5,7-8H,6H2,1-2H3,(H,18,19). The van der Waals surface area contributed by atoms with E-state index in [1.54, 1.807) is 20.4 Å². The molecule has 7 heteroatoms. The van der Waals surface area contributed by atoms with Crippen LogP contribution in [0.4, 0.5) is 0 Å². The van der Waals surface area contributed by atoms with Crippen molar-refractivity contribution in [1.82, 2.24) is 9.38 Å². The summed E-state index contributed by atoms with van der Waals surface area (Å²) in [5.74, 6) is 0.462. The summed E-state index contributed by atoms with van der Waals surface area (Å²) in [5, 5.41) is 8.82. The summed E-state index contributed by atoms with van der Waals surface area (Å²) < 4.78 is 12.4. The molecule has 0 radical (unpaired) electrons. The Balaban J connectivity index is 1.96. The van der Waals surface area contributed by atoms with Gasteiger partial charge in [-0.2, -0.15) is 0 Å². The molecule has 0 amide bonds. The summed E-state index contributed by atoms with van der Waals surface area (Å²) in [6, 6.07) is 5.60. The number of imidazole rings is 1. The molecule has 0 fully saturated rings. The number of hydrogen-bond acceptors (Lipinski definition) is 5. The SMILES string of the molecule is COc1ccc(-c2cn3cc(CC(=O)O)sc3n2)cc1OC. The second-order valence-corrected chi connectivity index (χ2v) is 5.75. The van der Waals surface area contributed by atoms with E-state index in [-0.39, 0.29) is 6.42 Å². The summed E-state index contributed by atoms with van der Waals surface area (Å²) in [5.41, 5.74) is 1.71. The van der Waals surface area contributed by atoms with Gasteiger partial charge >= 0.3 is 5.97 Å². The average molecular weight is 318 g/mol. The first-order valence-corrected chi connectivity index (χ1v) is 7.34. The molecule has 6 nitrogen and oxygen atoms in total. The van der Waals surface area contributed by atoms with Crippen LogP contribution in [0.25, 0.3) is 16.2 Å². The van der Waals surface area contributed by atoms with Gasteiger partial charge in [0.2, 0.25) is 0 Å². The number of thiazole rings is 1. The third-order valence-electron chi connectivity index (χ3n) is 3.21. The van der Waals surface area contributed by atoms with Crippen molar-refractivity contribution in [2.45, 2.75) is 6.42 Å². The zero-order chi connectivity index (χ0) is 15.7. The molecule has 0 saturated heterocycles. The number of nitrogens with zero attached hydrogens (tertiary/aromatic N) is 2. The number of aromatic nitrogens is 2. The fraction of sp³-hybridized carbons (Fsp3) is 0.200. The number of carboxylic acids is 1. The number of fused-ring (bicyclic) bond motifs is 1. The summed E-state index contributed by atoms with van der Waals surface area (Å²) in [4.78, 5) is 16.8. The molecule has 0 aliphatic rings. The summed E-state index contributed by atoms with van der Waals surface area (Å²) in [6.07, 6.45) is 3.68. The van der Waals surface area contributed by atoms with Crippen LogP contribution in [-0.2, 0) is 11.2 Å². The van der Waals surface area contributed by atoms with Crippen LogP contribution >= 0.6 is 11.3 Å². The Morgan fingerprint density at radius 1 is 1.27 bits per heavy atom. The second kappa shape index (κ2) is 5.69. The highest BCUT2D eigenvalue weighted by Gasteiger charge is 2.12. The van der Waals surface area contributed by atoms with Crippen molar-refractivity contribution < 1.29 is 19.4 Å². The number of carbonyl (C=O) groups is 1. The Morgan fingerprint density at radius 2 is 2.05 bits per heavy atom. The number of carboxylic acid groups (broad SMARTS) is 1. The van der Waals surface area contributed by atoms with E-state index in [9.17, 15) is 4.79 Å². The molecule has 22 heavy (non-hydrogen) atoms. The molecule has 1 N–H and O–H groups in total. The van der Waals surface area contributed by atoms with Crippen LogP contribution in [0.2, 0.25) is 0 Å². The van der Waals surface area contributed by atoms with E-state index in [0.29, 0.717) is 11.5 Å². The number of ether oxygens (including phenoxy) is 2. The van der Waals surface area contributed by atoms with Gasteiger partial charge in [-0.05, 0) is 18.2 Å². The van der Waals surface area contributed by atoms with Gasteiger partial charge in [-0.15, -0.1) is 11.3 Å². The van der Waals surface area contributed by atoms with E-state index >= 15 is 0 Å². The van der Waals surface area contributed by atoms with Crippen LogP contribution in [0.5, 0.6) is 11.5 Å². The van der Waals surface area contributed by atoms with Crippen molar-refractivity contribution in [1.29, 1.82) is 0 Å². The van der Waals surface area contributed by atoms with Gasteiger partial charge in [-0.1, -0.05) is 0 Å². The summed E-state index contributed by atoms with van der Waals surface area (Å²) in [6.45, 7) is 0. The number of benzene rings is 1. The molecule has 3 aromatic rings. The maximum Gasteiger partial charge on any atom is 0.308 e. The zero-order valence-electron chi connectivity index (χ0n) is 12.1. The Bertz CT molecular complexity index is 806. The smallest absolute Gasteiger partial charge is 0.308 e. The third kappa shape index (κ3) is 2.62. The average Bonchev–Trinajstić information content (AvgIpc) is 3.03. The lowest BCUT2D eigenvalue weighted by molar-refractivity contribution is -0.136. The van der Waals surface area contributed by atoms with Crippen LogP contribution in [0, 0.1) is 0 Å². The minimum atomic E-state index is -0.843. The molecule has 0 atom stereocenters. The van der Waals surface area contributed by atoms with E-state index in [4.69, 9.17) is 14.6 Å². The Labute approximate surface area is 130 Å². The molecule has 0 saturated carbocycles. The van der Waals surface area contributed by atoms with Gasteiger partial charge in [0.15, 0.2) is 16.5 Å². The highest BCUT2D eigenvalue weighted by atomic mass is 32.1. The fourth-order valence-electron chi connectivity index (χ4n) is 2.21. The van der Waals surface area contributed by atoms with Crippen molar-refractivity contribution >= 4 is 22.3 Å². The van der Waals surface area contributed by atoms with Crippen molar-refractivity contribution in [3.63, 3.8) is 0 Å². The van der Waals surface area contributed by atoms with Crippen LogP contribution in [0.3, 0.4) is 0 Å². The number of rotatable bonds is 5. The molecule has 1 aromatic carbocycles. The molecule has 2 aromatic heterocycles. The topological polar surface area (TPSA) is 73.1 Å². The molecular weight excluding hydrogens is 304 g/mol. The van der Waals surface area contributed by atoms with E-state index < -0.39 is 5.97 Å². The van der Waals surface area contributed by atoms with Crippen LogP contribution in [-0.4, -0.2) is 34.7 Å². The van der Waals surface area contributed by atoms with Crippen LogP contribution < -0.4 is 9.47 Å². The van der Waals surface area contributed by atoms with Crippen LogP contribution in [0.15, 0.2) is 30.6 Å². The van der Waals surface area contributed by atoms with Gasteiger partial charge < -0.3 is 14.6 Å². The second-order valence-electron chi connectivity index (χ2n) is 4.65. The molecule has 0 unspecified atom stereocenters. The van der Waals surface area contributed by atoms with Gasteiger partial charge in [0, 0.05) is 22.8 Å². The molecule has 3 rings (SSSR count). The molecule has 2 heterocycles. The minimum Gasteiger partial charge on any atom is -0.493 e. The molecule has 0 aliphatic carbocycles. The number of hydrogen-bond donors (Lipinski definition) is 1. The molecule has 0 aliphatic heterocycles. The quantitative estimate of drug-likeness (QED) is 0.783. The maximum absolute atomic E-state index is 10.7. The van der Waals surface area contributed by atoms with Crippen molar-refractivity contribution in [2.75, 3.05) is 14.2 Å². The molecule has 0 spiro atoms. The van der Waals surface area contributed by atoms with Crippen LogP contribution in [0.1, 0.15) is 4.88 Å². The molecule has 0 bridgehead atoms. The first-order chi connectivity index (χ1) is 10.6. The lowest BCUT2D eigenvalue weighted by Gasteiger charge is -2.08. The fourth-order valence-corrected chi connectivity index (χ4v) is 3.16. The first kappa shape index (κ1) is 14.4. The van der Waals surface area contributed by atoms with Crippen molar-refractivity contribution in [2.24, 2.45) is 0 Å². The zero-order valence-corrected chi connectivity index (χ0v) is 12.9. The minimum absolute atomic E-state index is 0.0136. The Hall–Kier alpha value is -2.54. The van der Waals surface area contributed by atoms with Crippen molar-refractivity contribution in [3.8, 4) is 22.8 Å². The van der Waals surface area contributed by atoms with E-state index in [1.807, 2.05) is 28.8 Å². The first-order valence-electron chi connectivity index (χ1n) is 6.52. The predicted molar refractivity (Wildman–Crippen MR) is 82.9 cm³/mol. The van der Waals surface area contributed by atoms with Gasteiger partial charge in [0.1, 0.15) is 0 Å². The van der Waals surface area contributed by atoms with Gasteiger partial charge in [-0.25, -0.2) is 4.98 Å². The van der Waals surface area contributed by atoms with Gasteiger partial charge in [0.05, 0.1) is 26.3 Å². The van der Waals surface area contributed by atoms with E-state index in [0.717, 1.165) is 21.1 Å². The highest BCUT2D eigenvalue weighted by molar-refractivity contribution is 7.17. The normalized spacial score (nSPS) is 10.8. The summed E-state index contributed by atoms with van der Waals surface area (Å²) in [7, 11) is 3.18. The number of methoxy groups -OCH3 is 2. The van der Waals surface area contributed by atoms with Gasteiger partial charge in [-0.3, -0.25) is 9.20 Å². The molecular formula is C15H14N2O4S. The van der Waals surface area contributed by atoms with E-state index in [2.05, 4.69) is 4.98 Å². The Kier molecular flexibility index (Phi) is 3.72. The largest absolute Gasteiger partial charge is 0.493 e. The van der Waals surface area contributed by atoms with Gasteiger partial charge in [0.25, 0.3) is 0 Å². The monoisotopic (exact) mass is 318 g/mol. The Morgan fingerprint density at radius 3 is 2.68 bits per heavy atom. The van der Waals surface area contributed by atoms with E-state index in [1.165, 1.54) is 11.3 Å². The number of aliphatic carboxylic acids is 1. The lowest BCUT2D eigenvalue weighted by Crippen LogP contribution is -1.97. The lowest BCUT2D eigenvalue weighted by atomic mass is 10.1. The van der Waals surface area contributed by atoms with Crippen molar-refractivity contribution in [3.05, 3.63) is 35.5 Å².